The van der Waals surface area contributed by atoms with Crippen LogP contribution in [0, 0.1) is 0 Å². The molecule has 0 aromatic carbocycles. The van der Waals surface area contributed by atoms with Crippen molar-refractivity contribution in [2.45, 2.75) is 19.3 Å². The van der Waals surface area contributed by atoms with Gasteiger partial charge in [-0.05, 0) is 19.4 Å². The highest BCUT2D eigenvalue weighted by atomic mass is 16.1. The fraction of sp³-hybridized carbons (Fsp3) is 0.571. The maximum atomic E-state index is 10.2. The first-order valence-electron chi connectivity index (χ1n) is 3.40. The number of carbonyl (C=O) groups is 1. The van der Waals surface area contributed by atoms with Crippen molar-refractivity contribution >= 4 is 5.91 Å². The predicted molar refractivity (Wildman–Crippen MR) is 41.2 cm³/mol. The third-order valence-electron chi connectivity index (χ3n) is 1.06. The molecule has 0 rings (SSSR count). The lowest BCUT2D eigenvalue weighted by atomic mass is 10.2. The molecule has 0 aliphatic carbocycles. The fourth-order valence-electron chi connectivity index (χ4n) is 0.558. The van der Waals surface area contributed by atoms with Gasteiger partial charge < -0.3 is 11.5 Å². The number of amides is 1. The predicted octanol–water partition coefficient (Wildman–Crippen LogP) is 0.157. The molecule has 3 heteroatoms. The summed E-state index contributed by atoms with van der Waals surface area (Å²) in [6, 6.07) is 0. The van der Waals surface area contributed by atoms with E-state index in [9.17, 15) is 4.79 Å². The van der Waals surface area contributed by atoms with Crippen molar-refractivity contribution in [3.63, 3.8) is 0 Å². The van der Waals surface area contributed by atoms with E-state index >= 15 is 0 Å². The first-order chi connectivity index (χ1) is 4.77. The third kappa shape index (κ3) is 7.17. The zero-order valence-electron chi connectivity index (χ0n) is 6.05. The van der Waals surface area contributed by atoms with E-state index < -0.39 is 0 Å². The van der Waals surface area contributed by atoms with Gasteiger partial charge in [-0.3, -0.25) is 4.79 Å². The quantitative estimate of drug-likeness (QED) is 0.537. The summed E-state index contributed by atoms with van der Waals surface area (Å²) in [6.07, 6.45) is 5.93. The molecule has 0 aromatic rings. The molecule has 0 aromatic heterocycles. The second kappa shape index (κ2) is 6.29. The lowest BCUT2D eigenvalue weighted by molar-refractivity contribution is -0.117. The Balaban J connectivity index is 3.10. The molecule has 0 fully saturated rings. The number of rotatable bonds is 5. The van der Waals surface area contributed by atoms with Crippen molar-refractivity contribution in [2.24, 2.45) is 11.5 Å². The van der Waals surface area contributed by atoms with E-state index in [2.05, 4.69) is 0 Å². The highest BCUT2D eigenvalue weighted by molar-refractivity contribution is 5.73. The van der Waals surface area contributed by atoms with Crippen LogP contribution in [0.2, 0.25) is 0 Å². The van der Waals surface area contributed by atoms with E-state index in [-0.39, 0.29) is 5.91 Å². The summed E-state index contributed by atoms with van der Waals surface area (Å²) in [6.45, 7) is 0.660. The Hall–Kier alpha value is -0.830. The topological polar surface area (TPSA) is 69.1 Å². The molecule has 0 heterocycles. The lowest BCUT2D eigenvalue weighted by Crippen LogP contribution is -2.08. The van der Waals surface area contributed by atoms with Gasteiger partial charge in [0, 0.05) is 6.42 Å². The molecule has 0 aliphatic heterocycles. The van der Waals surface area contributed by atoms with Crippen LogP contribution >= 0.6 is 0 Å². The fourth-order valence-corrected chi connectivity index (χ4v) is 0.558. The van der Waals surface area contributed by atoms with Crippen LogP contribution in [0.1, 0.15) is 19.3 Å². The van der Waals surface area contributed by atoms with Crippen LogP contribution in [-0.4, -0.2) is 12.5 Å². The van der Waals surface area contributed by atoms with Crippen molar-refractivity contribution in [2.75, 3.05) is 6.54 Å². The SMILES string of the molecule is NCC/C=C/CCC(N)=O. The highest BCUT2D eigenvalue weighted by Crippen LogP contribution is 1.90. The second-order valence-corrected chi connectivity index (χ2v) is 2.05. The summed E-state index contributed by atoms with van der Waals surface area (Å²) < 4.78 is 0. The molecule has 0 bridgehead atoms. The van der Waals surface area contributed by atoms with Gasteiger partial charge in [0.05, 0.1) is 0 Å². The summed E-state index contributed by atoms with van der Waals surface area (Å²) in [5, 5.41) is 0. The Morgan fingerprint density at radius 1 is 1.30 bits per heavy atom. The molecule has 10 heavy (non-hydrogen) atoms. The Kier molecular flexibility index (Phi) is 5.77. The van der Waals surface area contributed by atoms with Gasteiger partial charge in [0.15, 0.2) is 0 Å². The van der Waals surface area contributed by atoms with E-state index in [1.165, 1.54) is 0 Å². The summed E-state index contributed by atoms with van der Waals surface area (Å²) in [7, 11) is 0. The summed E-state index contributed by atoms with van der Waals surface area (Å²) in [5.41, 5.74) is 10.1. The van der Waals surface area contributed by atoms with Crippen LogP contribution in [0.25, 0.3) is 0 Å². The van der Waals surface area contributed by atoms with Crippen LogP contribution in [0.4, 0.5) is 0 Å². The van der Waals surface area contributed by atoms with Gasteiger partial charge in [-0.25, -0.2) is 0 Å². The van der Waals surface area contributed by atoms with E-state index in [0.29, 0.717) is 13.0 Å². The molecule has 0 aliphatic rings. The maximum absolute atomic E-state index is 10.2. The third-order valence-corrected chi connectivity index (χ3v) is 1.06. The molecule has 0 saturated heterocycles. The molecule has 3 nitrogen and oxygen atoms in total. The first-order valence-corrected chi connectivity index (χ1v) is 3.40. The molecule has 0 saturated carbocycles. The Morgan fingerprint density at radius 3 is 2.40 bits per heavy atom. The Bertz CT molecular complexity index is 121. The number of primary amides is 1. The van der Waals surface area contributed by atoms with Gasteiger partial charge in [0.1, 0.15) is 0 Å². The molecule has 0 radical (unpaired) electrons. The van der Waals surface area contributed by atoms with Crippen LogP contribution < -0.4 is 11.5 Å². The number of carbonyl (C=O) groups excluding carboxylic acids is 1. The molecule has 58 valence electrons. The van der Waals surface area contributed by atoms with Gasteiger partial charge in [-0.15, -0.1) is 0 Å². The van der Waals surface area contributed by atoms with Crippen LogP contribution in [0.15, 0.2) is 12.2 Å². The maximum Gasteiger partial charge on any atom is 0.217 e. The van der Waals surface area contributed by atoms with Gasteiger partial charge >= 0.3 is 0 Å². The highest BCUT2D eigenvalue weighted by Gasteiger charge is 1.87. The van der Waals surface area contributed by atoms with E-state index in [4.69, 9.17) is 11.5 Å². The Labute approximate surface area is 61.1 Å². The van der Waals surface area contributed by atoms with E-state index in [0.717, 1.165) is 12.8 Å². The van der Waals surface area contributed by atoms with Gasteiger partial charge in [0.2, 0.25) is 5.91 Å². The summed E-state index contributed by atoms with van der Waals surface area (Å²) in [5.74, 6) is -0.252. The molecule has 1 amide bonds. The average molecular weight is 142 g/mol. The van der Waals surface area contributed by atoms with Crippen molar-refractivity contribution in [1.82, 2.24) is 0 Å². The van der Waals surface area contributed by atoms with E-state index in [1.54, 1.807) is 0 Å². The standard InChI is InChI=1S/C7H14N2O/c8-6-4-2-1-3-5-7(9)10/h1-2H,3-6,8H2,(H2,9,10)/b2-1+. The minimum Gasteiger partial charge on any atom is -0.370 e. The molecule has 0 unspecified atom stereocenters. The largest absolute Gasteiger partial charge is 0.370 e. The monoisotopic (exact) mass is 142 g/mol. The number of nitrogens with two attached hydrogens (primary N) is 2. The van der Waals surface area contributed by atoms with Crippen LogP contribution in [-0.2, 0) is 4.79 Å². The van der Waals surface area contributed by atoms with Crippen molar-refractivity contribution in [1.29, 1.82) is 0 Å². The minimum atomic E-state index is -0.252. The van der Waals surface area contributed by atoms with Crippen molar-refractivity contribution in [3.8, 4) is 0 Å². The van der Waals surface area contributed by atoms with Gasteiger partial charge in [0.25, 0.3) is 0 Å². The summed E-state index contributed by atoms with van der Waals surface area (Å²) >= 11 is 0. The lowest BCUT2D eigenvalue weighted by Gasteiger charge is -1.87. The number of hydrogen-bond donors (Lipinski definition) is 2. The van der Waals surface area contributed by atoms with E-state index in [1.807, 2.05) is 12.2 Å². The molecular weight excluding hydrogens is 128 g/mol. The van der Waals surface area contributed by atoms with Crippen LogP contribution in [0.3, 0.4) is 0 Å². The number of allylic oxidation sites excluding steroid dienone is 1. The van der Waals surface area contributed by atoms with Gasteiger partial charge in [-0.1, -0.05) is 12.2 Å². The molecule has 0 spiro atoms. The molecular formula is C7H14N2O. The zero-order chi connectivity index (χ0) is 7.82. The molecule has 4 N–H and O–H groups in total. The summed E-state index contributed by atoms with van der Waals surface area (Å²) in [4.78, 5) is 10.2. The molecule has 0 atom stereocenters. The number of hydrogen-bond acceptors (Lipinski definition) is 2. The van der Waals surface area contributed by atoms with Crippen molar-refractivity contribution in [3.05, 3.63) is 12.2 Å². The zero-order valence-corrected chi connectivity index (χ0v) is 6.05. The first kappa shape index (κ1) is 9.17. The average Bonchev–Trinajstić information content (AvgIpc) is 1.87. The smallest absolute Gasteiger partial charge is 0.217 e. The minimum absolute atomic E-state index is 0.252. The second-order valence-electron chi connectivity index (χ2n) is 2.05. The van der Waals surface area contributed by atoms with Crippen LogP contribution in [0.5, 0.6) is 0 Å². The normalized spacial score (nSPS) is 10.5. The Morgan fingerprint density at radius 2 is 1.90 bits per heavy atom. The van der Waals surface area contributed by atoms with Crippen molar-refractivity contribution < 1.29 is 4.79 Å². The van der Waals surface area contributed by atoms with Gasteiger partial charge in [-0.2, -0.15) is 0 Å².